The van der Waals surface area contributed by atoms with Crippen LogP contribution in [0.2, 0.25) is 0 Å². The number of methoxy groups -OCH3 is 1. The lowest BCUT2D eigenvalue weighted by atomic mass is 10.1. The molecule has 0 fully saturated rings. The van der Waals surface area contributed by atoms with Gasteiger partial charge in [0.15, 0.2) is 5.78 Å². The Labute approximate surface area is 233 Å². The number of rotatable bonds is 9. The number of fused-ring (bicyclic) bond motifs is 1. The van der Waals surface area contributed by atoms with Gasteiger partial charge in [-0.15, -0.1) is 0 Å². The first-order chi connectivity index (χ1) is 18.9. The van der Waals surface area contributed by atoms with Crippen molar-refractivity contribution in [3.05, 3.63) is 97.0 Å². The summed E-state index contributed by atoms with van der Waals surface area (Å²) >= 11 is 3.05. The van der Waals surface area contributed by atoms with E-state index in [9.17, 15) is 31.9 Å². The summed E-state index contributed by atoms with van der Waals surface area (Å²) in [6, 6.07) is 9.67. The van der Waals surface area contributed by atoms with Crippen molar-refractivity contribution in [1.29, 1.82) is 0 Å². The number of hydrogen-bond donors (Lipinski definition) is 1. The van der Waals surface area contributed by atoms with Crippen LogP contribution in [0, 0.1) is 5.82 Å². The minimum atomic E-state index is -4.99. The van der Waals surface area contributed by atoms with Crippen LogP contribution in [0.5, 0.6) is 5.75 Å². The van der Waals surface area contributed by atoms with E-state index >= 15 is 0 Å². The summed E-state index contributed by atoms with van der Waals surface area (Å²) in [4.78, 5) is 38.2. The van der Waals surface area contributed by atoms with E-state index in [0.717, 1.165) is 16.8 Å². The van der Waals surface area contributed by atoms with Crippen LogP contribution in [0.25, 0.3) is 10.8 Å². The number of pyridine rings is 1. The fourth-order valence-corrected chi connectivity index (χ4v) is 4.56. The molecule has 0 amide bonds. The van der Waals surface area contributed by atoms with E-state index in [2.05, 4.69) is 26.3 Å². The smallest absolute Gasteiger partial charge is 0.423 e. The van der Waals surface area contributed by atoms with Crippen LogP contribution in [-0.2, 0) is 24.1 Å². The lowest BCUT2D eigenvalue weighted by molar-refractivity contribution is -0.138. The Balaban J connectivity index is 1.50. The number of halogens is 5. The summed E-state index contributed by atoms with van der Waals surface area (Å²) in [5.41, 5.74) is -3.38. The van der Waals surface area contributed by atoms with Crippen molar-refractivity contribution in [2.45, 2.75) is 38.7 Å². The van der Waals surface area contributed by atoms with Crippen LogP contribution in [0.1, 0.15) is 24.5 Å². The summed E-state index contributed by atoms with van der Waals surface area (Å²) in [6.07, 6.45) is -2.96. The molecule has 0 unspecified atom stereocenters. The molecule has 0 saturated heterocycles. The van der Waals surface area contributed by atoms with Gasteiger partial charge in [0.2, 0.25) is 0 Å². The normalized spacial score (nSPS) is 12.4. The number of nitrogens with one attached hydrogen (secondary N) is 1. The molecule has 0 radical (unpaired) electrons. The molecule has 40 heavy (non-hydrogen) atoms. The molecular weight excluding hydrogens is 600 g/mol. The van der Waals surface area contributed by atoms with Gasteiger partial charge < -0.3 is 14.6 Å². The van der Waals surface area contributed by atoms with E-state index in [-0.39, 0.29) is 29.4 Å². The molecule has 1 N–H and O–H groups in total. The topological polar surface area (TPSA) is 95.2 Å². The molecule has 0 aliphatic carbocycles. The molecule has 210 valence electrons. The van der Waals surface area contributed by atoms with Gasteiger partial charge in [0.05, 0.1) is 41.9 Å². The second-order valence-corrected chi connectivity index (χ2v) is 9.99. The average Bonchev–Trinajstić information content (AvgIpc) is 2.88. The van der Waals surface area contributed by atoms with Crippen molar-refractivity contribution in [1.82, 2.24) is 14.3 Å². The molecule has 8 nitrogen and oxygen atoms in total. The number of Topliss-reactive ketones (excluding diaryl/α,β-unsaturated/α-hetero) is 1. The summed E-state index contributed by atoms with van der Waals surface area (Å²) in [7, 11) is 1.47. The van der Waals surface area contributed by atoms with Crippen molar-refractivity contribution >= 4 is 38.2 Å². The highest BCUT2D eigenvalue weighted by Crippen LogP contribution is 2.32. The molecule has 0 saturated carbocycles. The average molecular weight is 623 g/mol. The Morgan fingerprint density at radius 2 is 1.82 bits per heavy atom. The molecule has 13 heteroatoms. The van der Waals surface area contributed by atoms with E-state index < -0.39 is 46.2 Å². The first-order valence-electron chi connectivity index (χ1n) is 11.9. The van der Waals surface area contributed by atoms with Gasteiger partial charge in [-0.2, -0.15) is 18.3 Å². The van der Waals surface area contributed by atoms with Gasteiger partial charge in [-0.1, -0.05) is 12.1 Å². The summed E-state index contributed by atoms with van der Waals surface area (Å²) in [6.45, 7) is 0.908. The number of hydrogen-bond acceptors (Lipinski definition) is 6. The molecule has 4 rings (SSSR count). The zero-order valence-electron chi connectivity index (χ0n) is 21.3. The quantitative estimate of drug-likeness (QED) is 0.264. The molecule has 2 aromatic heterocycles. The van der Waals surface area contributed by atoms with Crippen molar-refractivity contribution in [3.8, 4) is 5.75 Å². The molecule has 0 bridgehead atoms. The predicted octanol–water partition coefficient (Wildman–Crippen LogP) is 5.00. The second kappa shape index (κ2) is 11.6. The number of carbonyl (C=O) groups is 1. The van der Waals surface area contributed by atoms with E-state index in [0.29, 0.717) is 21.4 Å². The summed E-state index contributed by atoms with van der Waals surface area (Å²) < 4.78 is 62.7. The lowest BCUT2D eigenvalue weighted by Crippen LogP contribution is -2.34. The molecule has 1 atom stereocenters. The number of benzene rings is 2. The molecular formula is C27H23BrF4N4O4. The zero-order chi connectivity index (χ0) is 29.2. The van der Waals surface area contributed by atoms with Crippen LogP contribution in [-0.4, -0.2) is 33.3 Å². The Morgan fingerprint density at radius 1 is 1.12 bits per heavy atom. The van der Waals surface area contributed by atoms with Gasteiger partial charge in [0, 0.05) is 18.7 Å². The van der Waals surface area contributed by atoms with Crippen molar-refractivity contribution in [2.75, 3.05) is 12.4 Å². The monoisotopic (exact) mass is 622 g/mol. The fourth-order valence-electron chi connectivity index (χ4n) is 4.20. The van der Waals surface area contributed by atoms with Crippen LogP contribution >= 0.6 is 15.9 Å². The van der Waals surface area contributed by atoms with Crippen molar-refractivity contribution in [3.63, 3.8) is 0 Å². The van der Waals surface area contributed by atoms with Gasteiger partial charge in [0.1, 0.15) is 17.1 Å². The summed E-state index contributed by atoms with van der Waals surface area (Å²) in [5, 5.41) is 7.01. The molecule has 0 spiro atoms. The third-order valence-electron chi connectivity index (χ3n) is 6.12. The number of alkyl halides is 3. The SMILES string of the molecule is COc1ccc(Cn2ncc(N[C@@H](C)CC(=O)Cn3ccc4cc(Br)c(F)cc4c3=O)c(C(F)(F)F)c2=O)cc1. The van der Waals surface area contributed by atoms with Crippen LogP contribution in [0.15, 0.2) is 68.9 Å². The highest BCUT2D eigenvalue weighted by atomic mass is 79.9. The first-order valence-corrected chi connectivity index (χ1v) is 12.7. The highest BCUT2D eigenvalue weighted by Gasteiger charge is 2.38. The van der Waals surface area contributed by atoms with E-state index in [1.165, 1.54) is 26.3 Å². The maximum atomic E-state index is 13.9. The largest absolute Gasteiger partial charge is 0.497 e. The van der Waals surface area contributed by atoms with Gasteiger partial charge >= 0.3 is 6.18 Å². The number of nitrogens with zero attached hydrogens (tertiary/aromatic N) is 3. The van der Waals surface area contributed by atoms with Gasteiger partial charge in [-0.05, 0) is 64.1 Å². The number of ketones is 1. The molecule has 0 aliphatic rings. The Morgan fingerprint density at radius 3 is 2.48 bits per heavy atom. The van der Waals surface area contributed by atoms with Crippen molar-refractivity contribution in [2.24, 2.45) is 0 Å². The lowest BCUT2D eigenvalue weighted by Gasteiger charge is -2.19. The Kier molecular flexibility index (Phi) is 8.43. The van der Waals surface area contributed by atoms with Crippen molar-refractivity contribution < 1.29 is 27.1 Å². The van der Waals surface area contributed by atoms with Gasteiger partial charge in [-0.3, -0.25) is 14.4 Å². The van der Waals surface area contributed by atoms with Gasteiger partial charge in [-0.25, -0.2) is 9.07 Å². The molecule has 4 aromatic rings. The maximum Gasteiger partial charge on any atom is 0.423 e. The number of anilines is 1. The number of ether oxygens (including phenoxy) is 1. The first kappa shape index (κ1) is 29.0. The van der Waals surface area contributed by atoms with Gasteiger partial charge in [0.25, 0.3) is 11.1 Å². The van der Waals surface area contributed by atoms with Crippen LogP contribution in [0.3, 0.4) is 0 Å². The maximum absolute atomic E-state index is 13.9. The standard InChI is InChI=1S/C27H23BrF4N4O4/c1-15(9-18(37)14-35-8-7-17-10-21(28)22(29)11-20(17)25(35)38)34-23-12-33-36(26(39)24(23)27(30,31)32)13-16-3-5-19(40-2)6-4-16/h3-8,10-12,15,34H,9,13-14H2,1-2H3/t15-/m0/s1. The minimum absolute atomic E-state index is 0.0817. The van der Waals surface area contributed by atoms with E-state index in [1.54, 1.807) is 30.3 Å². The number of aromatic nitrogens is 3. The molecule has 2 aromatic carbocycles. The van der Waals surface area contributed by atoms with E-state index in [4.69, 9.17) is 4.74 Å². The molecule has 0 aliphatic heterocycles. The third kappa shape index (κ3) is 6.41. The minimum Gasteiger partial charge on any atom is -0.497 e. The number of carbonyl (C=O) groups excluding carboxylic acids is 1. The predicted molar refractivity (Wildman–Crippen MR) is 144 cm³/mol. The zero-order valence-corrected chi connectivity index (χ0v) is 22.8. The fraction of sp³-hybridized carbons (Fsp3) is 0.259. The summed E-state index contributed by atoms with van der Waals surface area (Å²) in [5.74, 6) is -0.546. The molecule has 2 heterocycles. The third-order valence-corrected chi connectivity index (χ3v) is 6.73. The highest BCUT2D eigenvalue weighted by molar-refractivity contribution is 9.10. The second-order valence-electron chi connectivity index (χ2n) is 9.13. The Bertz CT molecular complexity index is 1680. The Hall–Kier alpha value is -4.00. The van der Waals surface area contributed by atoms with Crippen LogP contribution < -0.4 is 21.2 Å². The van der Waals surface area contributed by atoms with E-state index in [1.807, 2.05) is 0 Å². The van der Waals surface area contributed by atoms with Crippen LogP contribution in [0.4, 0.5) is 23.2 Å².